The van der Waals surface area contributed by atoms with Crippen LogP contribution < -0.4 is 15.2 Å². The molecule has 0 unspecified atom stereocenters. The van der Waals surface area contributed by atoms with Crippen molar-refractivity contribution in [1.29, 1.82) is 0 Å². The number of anilines is 1. The van der Waals surface area contributed by atoms with Gasteiger partial charge in [-0.1, -0.05) is 12.1 Å². The summed E-state index contributed by atoms with van der Waals surface area (Å²) in [6.07, 6.45) is 0. The average molecular weight is 351 g/mol. The van der Waals surface area contributed by atoms with Crippen LogP contribution in [0.25, 0.3) is 0 Å². The largest absolute Gasteiger partial charge is 0.493 e. The molecule has 0 aromatic heterocycles. The van der Waals surface area contributed by atoms with Crippen LogP contribution in [0.15, 0.2) is 46.2 Å². The van der Waals surface area contributed by atoms with Crippen LogP contribution in [0.5, 0.6) is 11.5 Å². The molecule has 0 saturated carbocycles. The van der Waals surface area contributed by atoms with Crippen LogP contribution in [0.1, 0.15) is 10.4 Å². The molecule has 8 heteroatoms. The van der Waals surface area contributed by atoms with Gasteiger partial charge in [0.25, 0.3) is 0 Å². The van der Waals surface area contributed by atoms with Crippen LogP contribution >= 0.6 is 0 Å². The molecule has 0 spiro atoms. The van der Waals surface area contributed by atoms with Gasteiger partial charge in [0.15, 0.2) is 11.5 Å². The molecule has 7 nitrogen and oxygen atoms in total. The number of benzene rings is 2. The van der Waals surface area contributed by atoms with Crippen LogP contribution in [-0.2, 0) is 14.6 Å². The van der Waals surface area contributed by atoms with Gasteiger partial charge in [0.2, 0.25) is 9.84 Å². The van der Waals surface area contributed by atoms with Crippen molar-refractivity contribution in [3.8, 4) is 11.5 Å². The molecule has 0 fully saturated rings. The first-order valence-electron chi connectivity index (χ1n) is 6.80. The van der Waals surface area contributed by atoms with Gasteiger partial charge in [-0.05, 0) is 12.1 Å². The van der Waals surface area contributed by atoms with Gasteiger partial charge in [-0.15, -0.1) is 0 Å². The summed E-state index contributed by atoms with van der Waals surface area (Å²) in [5.41, 5.74) is 5.78. The Kier molecular flexibility index (Phi) is 4.99. The van der Waals surface area contributed by atoms with Gasteiger partial charge in [0.1, 0.15) is 0 Å². The standard InChI is InChI=1S/C16H17NO6S/c1-21-12-8-11(17)15(9-13(12)22-2)24(19,20)14-7-5-4-6-10(14)16(18)23-3/h4-9H,17H2,1-3H3. The van der Waals surface area contributed by atoms with E-state index in [-0.39, 0.29) is 26.8 Å². The molecule has 0 aliphatic heterocycles. The van der Waals surface area contributed by atoms with Crippen LogP contribution in [0.2, 0.25) is 0 Å². The second-order valence-corrected chi connectivity index (χ2v) is 6.62. The quantitative estimate of drug-likeness (QED) is 0.648. The lowest BCUT2D eigenvalue weighted by atomic mass is 10.2. The molecule has 2 N–H and O–H groups in total. The number of carbonyl (C=O) groups excluding carboxylic acids is 1. The highest BCUT2D eigenvalue weighted by Gasteiger charge is 2.28. The highest BCUT2D eigenvalue weighted by atomic mass is 32.2. The van der Waals surface area contributed by atoms with E-state index in [1.54, 1.807) is 6.07 Å². The van der Waals surface area contributed by atoms with E-state index in [1.165, 1.54) is 51.7 Å². The van der Waals surface area contributed by atoms with E-state index >= 15 is 0 Å². The van der Waals surface area contributed by atoms with Crippen molar-refractivity contribution in [2.45, 2.75) is 9.79 Å². The van der Waals surface area contributed by atoms with Crippen molar-refractivity contribution in [2.75, 3.05) is 27.1 Å². The molecular weight excluding hydrogens is 334 g/mol. The predicted molar refractivity (Wildman–Crippen MR) is 87.2 cm³/mol. The van der Waals surface area contributed by atoms with E-state index in [0.29, 0.717) is 5.75 Å². The number of methoxy groups -OCH3 is 3. The second kappa shape index (κ2) is 6.79. The van der Waals surface area contributed by atoms with Crippen molar-refractivity contribution >= 4 is 21.5 Å². The Morgan fingerprint density at radius 1 is 0.958 bits per heavy atom. The number of sulfone groups is 1. The summed E-state index contributed by atoms with van der Waals surface area (Å²) in [5.74, 6) is -0.246. The van der Waals surface area contributed by atoms with Gasteiger partial charge in [-0.2, -0.15) is 0 Å². The summed E-state index contributed by atoms with van der Waals surface area (Å²) in [6, 6.07) is 8.36. The van der Waals surface area contributed by atoms with Crippen LogP contribution in [0, 0.1) is 0 Å². The summed E-state index contributed by atoms with van der Waals surface area (Å²) in [5, 5.41) is 0. The zero-order chi connectivity index (χ0) is 17.9. The van der Waals surface area contributed by atoms with Gasteiger partial charge >= 0.3 is 5.97 Å². The number of carbonyl (C=O) groups is 1. The van der Waals surface area contributed by atoms with E-state index in [9.17, 15) is 13.2 Å². The smallest absolute Gasteiger partial charge is 0.339 e. The molecule has 0 aliphatic carbocycles. The molecule has 2 rings (SSSR count). The number of ether oxygens (including phenoxy) is 3. The maximum Gasteiger partial charge on any atom is 0.339 e. The minimum absolute atomic E-state index is 0.0210. The third-order valence-electron chi connectivity index (χ3n) is 3.39. The van der Waals surface area contributed by atoms with Crippen molar-refractivity contribution in [3.05, 3.63) is 42.0 Å². The molecule has 0 heterocycles. The summed E-state index contributed by atoms with van der Waals surface area (Å²) >= 11 is 0. The molecule has 0 amide bonds. The van der Waals surface area contributed by atoms with E-state index in [2.05, 4.69) is 4.74 Å². The third-order valence-corrected chi connectivity index (χ3v) is 5.25. The fourth-order valence-corrected chi connectivity index (χ4v) is 3.77. The van der Waals surface area contributed by atoms with Gasteiger partial charge in [0, 0.05) is 12.1 Å². The SMILES string of the molecule is COC(=O)c1ccccc1S(=O)(=O)c1cc(OC)c(OC)cc1N. The van der Waals surface area contributed by atoms with Gasteiger partial charge in [-0.3, -0.25) is 0 Å². The maximum atomic E-state index is 13.0. The molecular formula is C16H17NO6S. The first-order chi connectivity index (χ1) is 11.4. The Balaban J connectivity index is 2.71. The van der Waals surface area contributed by atoms with E-state index in [4.69, 9.17) is 15.2 Å². The lowest BCUT2D eigenvalue weighted by Gasteiger charge is -2.14. The van der Waals surface area contributed by atoms with E-state index < -0.39 is 15.8 Å². The number of hydrogen-bond donors (Lipinski definition) is 1. The van der Waals surface area contributed by atoms with Gasteiger partial charge in [0.05, 0.1) is 42.4 Å². The fraction of sp³-hybridized carbons (Fsp3) is 0.188. The Bertz CT molecular complexity index is 876. The summed E-state index contributed by atoms with van der Waals surface area (Å²) in [6.45, 7) is 0. The zero-order valence-corrected chi connectivity index (χ0v) is 14.2. The number of nitrogens with two attached hydrogens (primary N) is 1. The molecule has 0 atom stereocenters. The Labute approximate surface area is 139 Å². The van der Waals surface area contributed by atoms with E-state index in [1.807, 2.05) is 0 Å². The topological polar surface area (TPSA) is 105 Å². The molecule has 0 saturated heterocycles. The number of esters is 1. The fourth-order valence-electron chi connectivity index (χ4n) is 2.21. The highest BCUT2D eigenvalue weighted by molar-refractivity contribution is 7.91. The molecule has 0 bridgehead atoms. The summed E-state index contributed by atoms with van der Waals surface area (Å²) in [4.78, 5) is 11.5. The van der Waals surface area contributed by atoms with Crippen molar-refractivity contribution in [1.82, 2.24) is 0 Å². The van der Waals surface area contributed by atoms with Gasteiger partial charge < -0.3 is 19.9 Å². The molecule has 0 radical (unpaired) electrons. The van der Waals surface area contributed by atoms with Crippen LogP contribution in [-0.4, -0.2) is 35.7 Å². The normalized spacial score (nSPS) is 11.0. The maximum absolute atomic E-state index is 13.0. The first-order valence-corrected chi connectivity index (χ1v) is 8.29. The Hall–Kier alpha value is -2.74. The lowest BCUT2D eigenvalue weighted by Crippen LogP contribution is -2.12. The summed E-state index contributed by atoms with van der Waals surface area (Å²) < 4.78 is 40.8. The number of rotatable bonds is 5. The van der Waals surface area contributed by atoms with Crippen molar-refractivity contribution in [3.63, 3.8) is 0 Å². The third kappa shape index (κ3) is 3.00. The monoisotopic (exact) mass is 351 g/mol. The van der Waals surface area contributed by atoms with Crippen molar-refractivity contribution in [2.24, 2.45) is 0 Å². The zero-order valence-electron chi connectivity index (χ0n) is 13.4. The Morgan fingerprint density at radius 2 is 1.54 bits per heavy atom. The molecule has 24 heavy (non-hydrogen) atoms. The van der Waals surface area contributed by atoms with Crippen molar-refractivity contribution < 1.29 is 27.4 Å². The second-order valence-electron chi connectivity index (χ2n) is 4.74. The molecule has 128 valence electrons. The average Bonchev–Trinajstić information content (AvgIpc) is 2.60. The molecule has 0 aliphatic rings. The van der Waals surface area contributed by atoms with E-state index in [0.717, 1.165) is 0 Å². The van der Waals surface area contributed by atoms with Gasteiger partial charge in [-0.25, -0.2) is 13.2 Å². The Morgan fingerprint density at radius 3 is 2.12 bits per heavy atom. The van der Waals surface area contributed by atoms with Crippen LogP contribution in [0.3, 0.4) is 0 Å². The van der Waals surface area contributed by atoms with Crippen LogP contribution in [0.4, 0.5) is 5.69 Å². The highest BCUT2D eigenvalue weighted by Crippen LogP contribution is 2.37. The number of hydrogen-bond acceptors (Lipinski definition) is 7. The minimum atomic E-state index is -4.07. The minimum Gasteiger partial charge on any atom is -0.493 e. The predicted octanol–water partition coefficient (Wildman–Crippen LogP) is 1.91. The molecule has 2 aromatic rings. The summed E-state index contributed by atoms with van der Waals surface area (Å²) in [7, 11) is -0.101. The number of nitrogen functional groups attached to an aromatic ring is 1. The molecule has 2 aromatic carbocycles. The first kappa shape index (κ1) is 17.6. The lowest BCUT2D eigenvalue weighted by molar-refractivity contribution is 0.0596.